The molecule has 0 radical (unpaired) electrons. The Labute approximate surface area is 250 Å². The molecule has 42 heavy (non-hydrogen) atoms. The minimum Gasteiger partial charge on any atom is -0.493 e. The fourth-order valence-corrected chi connectivity index (χ4v) is 6.24. The van der Waals surface area contributed by atoms with Gasteiger partial charge in [-0.3, -0.25) is 0 Å². The molecule has 0 bridgehead atoms. The maximum absolute atomic E-state index is 15.1. The Bertz CT molecular complexity index is 1590. The molecule has 2 saturated heterocycles. The molecule has 2 aromatic heterocycles. The second kappa shape index (κ2) is 12.2. The number of likely N-dealkylation sites (N-methyl/N-ethyl adjacent to an activating group) is 1. The quantitative estimate of drug-likeness (QED) is 0.232. The third-order valence-electron chi connectivity index (χ3n) is 8.33. The van der Waals surface area contributed by atoms with Crippen LogP contribution in [0.15, 0.2) is 54.7 Å². The van der Waals surface area contributed by atoms with Crippen molar-refractivity contribution in [1.82, 2.24) is 14.9 Å². The zero-order valence-corrected chi connectivity index (χ0v) is 24.8. The minimum absolute atomic E-state index is 0.00946. The van der Waals surface area contributed by atoms with Crippen LogP contribution in [-0.2, 0) is 0 Å². The normalized spacial score (nSPS) is 18.9. The van der Waals surface area contributed by atoms with Gasteiger partial charge in [-0.1, -0.05) is 29.8 Å². The summed E-state index contributed by atoms with van der Waals surface area (Å²) < 4.78 is 32.0. The van der Waals surface area contributed by atoms with E-state index in [-0.39, 0.29) is 11.9 Å². The summed E-state index contributed by atoms with van der Waals surface area (Å²) in [5.74, 6) is 1.76. The number of nitrogens with one attached hydrogen (secondary N) is 1. The van der Waals surface area contributed by atoms with Gasteiger partial charge in [-0.05, 0) is 50.6 Å². The molecular weight excluding hydrogens is 557 g/mol. The first-order valence-electron chi connectivity index (χ1n) is 14.2. The Morgan fingerprint density at radius 1 is 1.05 bits per heavy atom. The average molecular weight is 592 g/mol. The van der Waals surface area contributed by atoms with Gasteiger partial charge in [0.25, 0.3) is 5.88 Å². The molecule has 220 valence electrons. The smallest absolute Gasteiger partial charge is 0.250 e. The summed E-state index contributed by atoms with van der Waals surface area (Å²) in [6, 6.07) is 15.4. The third-order valence-corrected chi connectivity index (χ3v) is 8.67. The highest BCUT2D eigenvalue weighted by Crippen LogP contribution is 2.40. The molecule has 2 fully saturated rings. The largest absolute Gasteiger partial charge is 0.493 e. The van der Waals surface area contributed by atoms with E-state index in [1.807, 2.05) is 36.4 Å². The predicted octanol–water partition coefficient (Wildman–Crippen LogP) is 6.65. The zero-order chi connectivity index (χ0) is 29.2. The molecule has 0 aliphatic carbocycles. The van der Waals surface area contributed by atoms with E-state index in [9.17, 15) is 0 Å². The Balaban J connectivity index is 1.30. The lowest BCUT2D eigenvalue weighted by molar-refractivity contribution is 0.187. The lowest BCUT2D eigenvalue weighted by Crippen LogP contribution is -2.30. The number of methoxy groups -OCH3 is 2. The second-order valence-corrected chi connectivity index (χ2v) is 11.3. The van der Waals surface area contributed by atoms with Gasteiger partial charge < -0.3 is 29.3 Å². The third kappa shape index (κ3) is 5.76. The Kier molecular flexibility index (Phi) is 8.22. The number of hydrogen-bond donors (Lipinski definition) is 1. The Hall–Kier alpha value is -3.82. The van der Waals surface area contributed by atoms with E-state index in [4.69, 9.17) is 30.8 Å². The predicted molar refractivity (Wildman–Crippen MR) is 164 cm³/mol. The molecular formula is C32H35ClFN5O3. The Morgan fingerprint density at radius 3 is 2.60 bits per heavy atom. The molecule has 8 nitrogen and oxygen atoms in total. The number of likely N-dealkylation sites (tertiary alicyclic amines) is 1. The number of rotatable bonds is 9. The molecule has 2 aliphatic rings. The van der Waals surface area contributed by atoms with Crippen LogP contribution in [0.25, 0.3) is 10.9 Å². The van der Waals surface area contributed by atoms with Crippen molar-refractivity contribution in [1.29, 1.82) is 0 Å². The number of halogens is 2. The van der Waals surface area contributed by atoms with Gasteiger partial charge in [-0.25, -0.2) is 14.4 Å². The summed E-state index contributed by atoms with van der Waals surface area (Å²) in [6.07, 6.45) is 4.72. The topological polar surface area (TPSA) is 72.0 Å². The maximum Gasteiger partial charge on any atom is 0.250 e. The number of fused-ring (bicyclic) bond motifs is 1. The lowest BCUT2D eigenvalue weighted by atomic mass is 9.98. The van der Waals surface area contributed by atoms with Crippen LogP contribution in [0.2, 0.25) is 5.02 Å². The molecule has 0 amide bonds. The summed E-state index contributed by atoms with van der Waals surface area (Å²) in [5, 5.41) is 4.97. The van der Waals surface area contributed by atoms with Crippen LogP contribution in [0.3, 0.4) is 0 Å². The molecule has 4 heterocycles. The Morgan fingerprint density at radius 2 is 1.86 bits per heavy atom. The van der Waals surface area contributed by atoms with Crippen LogP contribution >= 0.6 is 11.6 Å². The summed E-state index contributed by atoms with van der Waals surface area (Å²) in [6.45, 7) is 3.06. The SMILES string of the molecule is COc1cc2nc(N3CCC(c4ccccc4Cl)C3)cc(Nc3cnc(OCC4CCCN4C)c(F)c3)c2cc1OC. The van der Waals surface area contributed by atoms with Gasteiger partial charge in [0.05, 0.1) is 37.3 Å². The number of benzene rings is 2. The molecule has 0 saturated carbocycles. The number of ether oxygens (including phenoxy) is 3. The van der Waals surface area contributed by atoms with Crippen LogP contribution in [0.1, 0.15) is 30.7 Å². The summed E-state index contributed by atoms with van der Waals surface area (Å²) in [7, 11) is 5.26. The van der Waals surface area contributed by atoms with Crippen LogP contribution in [-0.4, -0.2) is 68.4 Å². The summed E-state index contributed by atoms with van der Waals surface area (Å²) in [4.78, 5) is 13.8. The van der Waals surface area contributed by atoms with Gasteiger partial charge in [-0.2, -0.15) is 0 Å². The average Bonchev–Trinajstić information content (AvgIpc) is 3.65. The van der Waals surface area contributed by atoms with E-state index in [0.29, 0.717) is 29.7 Å². The maximum atomic E-state index is 15.1. The lowest BCUT2D eigenvalue weighted by Gasteiger charge is -2.21. The van der Waals surface area contributed by atoms with E-state index in [1.54, 1.807) is 20.4 Å². The monoisotopic (exact) mass is 591 g/mol. The van der Waals surface area contributed by atoms with Crippen molar-refractivity contribution in [3.05, 3.63) is 71.1 Å². The molecule has 2 atom stereocenters. The van der Waals surface area contributed by atoms with E-state index >= 15 is 4.39 Å². The standard InChI is InChI=1S/C32H35ClFN5O3/c1-38-11-6-7-22(38)19-42-32-26(34)13-21(17-35-32)36-28-16-31(37-27-15-30(41-3)29(40-2)14-24(27)28)39-12-10-20(18-39)23-8-4-5-9-25(23)33/h4-5,8-9,13-17,20,22H,6-7,10-12,18-19H2,1-3H3,(H,36,37). The zero-order valence-electron chi connectivity index (χ0n) is 24.1. The number of anilines is 3. The van der Waals surface area contributed by atoms with Crippen LogP contribution in [0.4, 0.5) is 21.6 Å². The molecule has 10 heteroatoms. The molecule has 4 aromatic rings. The highest BCUT2D eigenvalue weighted by atomic mass is 35.5. The van der Waals surface area contributed by atoms with Crippen molar-refractivity contribution in [3.8, 4) is 17.4 Å². The summed E-state index contributed by atoms with van der Waals surface area (Å²) >= 11 is 6.52. The van der Waals surface area contributed by atoms with Crippen molar-refractivity contribution < 1.29 is 18.6 Å². The van der Waals surface area contributed by atoms with Crippen molar-refractivity contribution in [2.24, 2.45) is 0 Å². The molecule has 1 N–H and O–H groups in total. The molecule has 2 aromatic carbocycles. The highest BCUT2D eigenvalue weighted by Gasteiger charge is 2.27. The van der Waals surface area contributed by atoms with Gasteiger partial charge in [0.1, 0.15) is 12.4 Å². The number of pyridine rings is 2. The van der Waals surface area contributed by atoms with E-state index in [2.05, 4.69) is 33.2 Å². The van der Waals surface area contributed by atoms with Crippen molar-refractivity contribution >= 4 is 39.7 Å². The first-order chi connectivity index (χ1) is 20.4. The second-order valence-electron chi connectivity index (χ2n) is 10.9. The number of nitrogens with zero attached hydrogens (tertiary/aromatic N) is 4. The van der Waals surface area contributed by atoms with Crippen LogP contribution in [0, 0.1) is 5.82 Å². The molecule has 2 aliphatic heterocycles. The number of hydrogen-bond acceptors (Lipinski definition) is 8. The van der Waals surface area contributed by atoms with Gasteiger partial charge in [-0.15, -0.1) is 0 Å². The molecule has 2 unspecified atom stereocenters. The van der Waals surface area contributed by atoms with Crippen molar-refractivity contribution in [2.75, 3.05) is 57.7 Å². The fourth-order valence-electron chi connectivity index (χ4n) is 5.95. The highest BCUT2D eigenvalue weighted by molar-refractivity contribution is 6.31. The summed E-state index contributed by atoms with van der Waals surface area (Å²) in [5.41, 5.74) is 3.12. The van der Waals surface area contributed by atoms with Crippen molar-refractivity contribution in [2.45, 2.75) is 31.2 Å². The van der Waals surface area contributed by atoms with Gasteiger partial charge in [0.2, 0.25) is 0 Å². The van der Waals surface area contributed by atoms with E-state index < -0.39 is 5.82 Å². The van der Waals surface area contributed by atoms with Crippen LogP contribution < -0.4 is 24.4 Å². The van der Waals surface area contributed by atoms with Gasteiger partial charge in [0.15, 0.2) is 17.3 Å². The van der Waals surface area contributed by atoms with Gasteiger partial charge >= 0.3 is 0 Å². The molecule has 0 spiro atoms. The minimum atomic E-state index is -0.513. The molecule has 6 rings (SSSR count). The first-order valence-corrected chi connectivity index (χ1v) is 14.6. The van der Waals surface area contributed by atoms with Crippen molar-refractivity contribution in [3.63, 3.8) is 0 Å². The fraction of sp³-hybridized carbons (Fsp3) is 0.375. The van der Waals surface area contributed by atoms with Gasteiger partial charge in [0, 0.05) is 53.7 Å². The number of aromatic nitrogens is 2. The van der Waals surface area contributed by atoms with E-state index in [1.165, 1.54) is 6.07 Å². The first kappa shape index (κ1) is 28.3. The van der Waals surface area contributed by atoms with Crippen LogP contribution in [0.5, 0.6) is 17.4 Å². The van der Waals surface area contributed by atoms with E-state index in [0.717, 1.165) is 71.9 Å².